The lowest BCUT2D eigenvalue weighted by Crippen LogP contribution is -2.11. The lowest BCUT2D eigenvalue weighted by atomic mass is 10.6. The van der Waals surface area contributed by atoms with Gasteiger partial charge in [-0.25, -0.2) is 9.97 Å². The van der Waals surface area contributed by atoms with Crippen LogP contribution in [0.4, 0.5) is 5.95 Å². The fourth-order valence-corrected chi connectivity index (χ4v) is 1.21. The number of nitrogens with two attached hydrogens (primary N) is 1. The van der Waals surface area contributed by atoms with Gasteiger partial charge >= 0.3 is 0 Å². The van der Waals surface area contributed by atoms with Crippen molar-refractivity contribution in [2.45, 2.75) is 6.54 Å². The van der Waals surface area contributed by atoms with Crippen LogP contribution in [0.3, 0.4) is 0 Å². The van der Waals surface area contributed by atoms with E-state index >= 15 is 0 Å². The van der Waals surface area contributed by atoms with Gasteiger partial charge in [0.1, 0.15) is 0 Å². The summed E-state index contributed by atoms with van der Waals surface area (Å²) in [5.41, 5.74) is 5.60. The maximum absolute atomic E-state index is 5.60. The number of nitrogens with zero attached hydrogens (tertiary/aromatic N) is 6. The number of rotatable bonds is 3. The minimum Gasteiger partial charge on any atom is -0.346 e. The Bertz CT molecular complexity index is 462. The molecular weight excluding hydrogens is 206 g/mol. The molecule has 0 aliphatic carbocycles. The molecule has 2 aromatic heterocycles. The van der Waals surface area contributed by atoms with Gasteiger partial charge in [0.2, 0.25) is 5.95 Å². The van der Waals surface area contributed by atoms with Crippen molar-refractivity contribution in [1.29, 1.82) is 0 Å². The molecule has 2 aromatic rings. The summed E-state index contributed by atoms with van der Waals surface area (Å²) in [4.78, 5) is 14.3. The highest BCUT2D eigenvalue weighted by atomic mass is 15.5. The molecule has 0 aliphatic rings. The Balaban J connectivity index is 2.48. The molecule has 0 radical (unpaired) electrons. The van der Waals surface area contributed by atoms with Crippen LogP contribution in [0.2, 0.25) is 0 Å². The molecule has 0 unspecified atom stereocenters. The van der Waals surface area contributed by atoms with Crippen LogP contribution in [0.1, 0.15) is 5.82 Å². The predicted molar refractivity (Wildman–Crippen MR) is 59.2 cm³/mol. The molecule has 7 heteroatoms. The Morgan fingerprint density at radius 1 is 1.31 bits per heavy atom. The molecule has 16 heavy (non-hydrogen) atoms. The van der Waals surface area contributed by atoms with Gasteiger partial charge in [-0.3, -0.25) is 0 Å². The number of anilines is 1. The summed E-state index contributed by atoms with van der Waals surface area (Å²) in [6, 6.07) is 1.75. The highest BCUT2D eigenvalue weighted by molar-refractivity contribution is 5.28. The molecule has 7 nitrogen and oxygen atoms in total. The van der Waals surface area contributed by atoms with Crippen LogP contribution in [-0.4, -0.2) is 38.8 Å². The first kappa shape index (κ1) is 10.5. The molecule has 0 bridgehead atoms. The minimum absolute atomic E-state index is 0.291. The molecule has 0 amide bonds. The summed E-state index contributed by atoms with van der Waals surface area (Å²) in [6.45, 7) is 0.291. The Kier molecular flexibility index (Phi) is 2.78. The predicted octanol–water partition coefficient (Wildman–Crippen LogP) is -0.418. The molecule has 0 saturated carbocycles. The number of hydrogen-bond donors (Lipinski definition) is 1. The molecule has 2 rings (SSSR count). The van der Waals surface area contributed by atoms with Gasteiger partial charge in [0.05, 0.1) is 6.54 Å². The number of hydrogen-bond acceptors (Lipinski definition) is 6. The zero-order chi connectivity index (χ0) is 11.5. The van der Waals surface area contributed by atoms with Crippen molar-refractivity contribution in [3.8, 4) is 5.95 Å². The molecule has 0 atom stereocenters. The van der Waals surface area contributed by atoms with Gasteiger partial charge in [0.25, 0.3) is 5.95 Å². The van der Waals surface area contributed by atoms with E-state index in [0.29, 0.717) is 24.3 Å². The van der Waals surface area contributed by atoms with E-state index in [0.717, 1.165) is 0 Å². The van der Waals surface area contributed by atoms with Crippen LogP contribution in [0.5, 0.6) is 0 Å². The van der Waals surface area contributed by atoms with Gasteiger partial charge in [-0.15, -0.1) is 5.10 Å². The second-order valence-corrected chi connectivity index (χ2v) is 3.39. The van der Waals surface area contributed by atoms with Crippen molar-refractivity contribution < 1.29 is 0 Å². The first-order valence-corrected chi connectivity index (χ1v) is 4.83. The van der Waals surface area contributed by atoms with Crippen molar-refractivity contribution in [1.82, 2.24) is 24.7 Å². The Morgan fingerprint density at radius 3 is 2.56 bits per heavy atom. The number of aromatic nitrogens is 5. The van der Waals surface area contributed by atoms with Gasteiger partial charge in [0.15, 0.2) is 5.82 Å². The van der Waals surface area contributed by atoms with Crippen LogP contribution >= 0.6 is 0 Å². The van der Waals surface area contributed by atoms with E-state index in [4.69, 9.17) is 5.73 Å². The highest BCUT2D eigenvalue weighted by Crippen LogP contribution is 2.09. The van der Waals surface area contributed by atoms with Crippen molar-refractivity contribution in [2.24, 2.45) is 5.73 Å². The van der Waals surface area contributed by atoms with E-state index in [1.165, 1.54) is 0 Å². The van der Waals surface area contributed by atoms with Crippen molar-refractivity contribution in [2.75, 3.05) is 19.0 Å². The van der Waals surface area contributed by atoms with Crippen LogP contribution in [-0.2, 0) is 6.54 Å². The van der Waals surface area contributed by atoms with Crippen molar-refractivity contribution >= 4 is 5.95 Å². The van der Waals surface area contributed by atoms with E-state index in [2.05, 4.69) is 20.1 Å². The highest BCUT2D eigenvalue weighted by Gasteiger charge is 2.12. The Morgan fingerprint density at radius 2 is 2.00 bits per heavy atom. The zero-order valence-electron chi connectivity index (χ0n) is 9.20. The van der Waals surface area contributed by atoms with Crippen LogP contribution < -0.4 is 10.6 Å². The lowest BCUT2D eigenvalue weighted by Gasteiger charge is -2.04. The SMILES string of the molecule is CN(C)c1nc(CN)n(-c2ncccn2)n1. The first-order valence-electron chi connectivity index (χ1n) is 4.83. The maximum Gasteiger partial charge on any atom is 0.252 e. The summed E-state index contributed by atoms with van der Waals surface area (Å²) in [5, 5.41) is 4.28. The van der Waals surface area contributed by atoms with Crippen LogP contribution in [0.25, 0.3) is 5.95 Å². The summed E-state index contributed by atoms with van der Waals surface area (Å²) in [5.74, 6) is 1.70. The van der Waals surface area contributed by atoms with Gasteiger partial charge in [-0.1, -0.05) is 0 Å². The fraction of sp³-hybridized carbons (Fsp3) is 0.333. The van der Waals surface area contributed by atoms with E-state index < -0.39 is 0 Å². The second kappa shape index (κ2) is 4.23. The largest absolute Gasteiger partial charge is 0.346 e. The van der Waals surface area contributed by atoms with E-state index in [1.54, 1.807) is 28.0 Å². The molecular formula is C9H13N7. The van der Waals surface area contributed by atoms with Crippen LogP contribution in [0, 0.1) is 0 Å². The molecule has 2 N–H and O–H groups in total. The molecule has 0 spiro atoms. The fourth-order valence-electron chi connectivity index (χ4n) is 1.21. The minimum atomic E-state index is 0.291. The molecule has 2 heterocycles. The first-order chi connectivity index (χ1) is 7.72. The normalized spacial score (nSPS) is 10.4. The molecule has 0 aromatic carbocycles. The average molecular weight is 219 g/mol. The van der Waals surface area contributed by atoms with Crippen molar-refractivity contribution in [3.63, 3.8) is 0 Å². The van der Waals surface area contributed by atoms with Gasteiger partial charge in [-0.05, 0) is 6.07 Å². The summed E-state index contributed by atoms with van der Waals surface area (Å²) < 4.78 is 1.55. The molecule has 84 valence electrons. The molecule has 0 fully saturated rings. The van der Waals surface area contributed by atoms with E-state index in [-0.39, 0.29) is 0 Å². The smallest absolute Gasteiger partial charge is 0.252 e. The summed E-state index contributed by atoms with van der Waals surface area (Å²) >= 11 is 0. The zero-order valence-corrected chi connectivity index (χ0v) is 9.20. The quantitative estimate of drug-likeness (QED) is 0.754. The lowest BCUT2D eigenvalue weighted by molar-refractivity contribution is 0.742. The van der Waals surface area contributed by atoms with Crippen molar-refractivity contribution in [3.05, 3.63) is 24.3 Å². The monoisotopic (exact) mass is 219 g/mol. The third-order valence-corrected chi connectivity index (χ3v) is 1.99. The summed E-state index contributed by atoms with van der Waals surface area (Å²) in [6.07, 6.45) is 3.30. The Hall–Kier alpha value is -2.02. The van der Waals surface area contributed by atoms with Gasteiger partial charge in [-0.2, -0.15) is 9.67 Å². The molecule has 0 aliphatic heterocycles. The third kappa shape index (κ3) is 1.84. The topological polar surface area (TPSA) is 85.8 Å². The van der Waals surface area contributed by atoms with E-state index in [1.807, 2.05) is 14.1 Å². The van der Waals surface area contributed by atoms with Crippen LogP contribution in [0.15, 0.2) is 18.5 Å². The maximum atomic E-state index is 5.60. The molecule has 0 saturated heterocycles. The third-order valence-electron chi connectivity index (χ3n) is 1.99. The van der Waals surface area contributed by atoms with E-state index in [9.17, 15) is 0 Å². The second-order valence-electron chi connectivity index (χ2n) is 3.39. The average Bonchev–Trinajstić information content (AvgIpc) is 2.74. The standard InChI is InChI=1S/C9H13N7/c1-15(2)9-13-7(6-10)16(14-9)8-11-4-3-5-12-8/h3-5H,6,10H2,1-2H3. The van der Waals surface area contributed by atoms with Gasteiger partial charge < -0.3 is 10.6 Å². The Labute approximate surface area is 92.9 Å². The van der Waals surface area contributed by atoms with Gasteiger partial charge in [0, 0.05) is 26.5 Å². The summed E-state index contributed by atoms with van der Waals surface area (Å²) in [7, 11) is 3.73.